The standard InChI is InChI=1S/C17H22N2O/c1-10(2)14-9-16(11(3)4)19-17-13(14)7-6-8-15(17)18-12(5)20/h6-11H,1-5H3,(H,18,20). The van der Waals surface area contributed by atoms with Gasteiger partial charge in [-0.2, -0.15) is 0 Å². The number of hydrogen-bond acceptors (Lipinski definition) is 2. The van der Waals surface area contributed by atoms with Crippen molar-refractivity contribution in [2.24, 2.45) is 0 Å². The second kappa shape index (κ2) is 5.61. The zero-order valence-electron chi connectivity index (χ0n) is 12.8. The van der Waals surface area contributed by atoms with Crippen molar-refractivity contribution in [3.63, 3.8) is 0 Å². The minimum atomic E-state index is -0.0691. The van der Waals surface area contributed by atoms with Gasteiger partial charge in [0.1, 0.15) is 0 Å². The smallest absolute Gasteiger partial charge is 0.221 e. The summed E-state index contributed by atoms with van der Waals surface area (Å²) in [4.78, 5) is 16.1. The molecule has 2 aromatic rings. The van der Waals surface area contributed by atoms with Crippen LogP contribution in [0.3, 0.4) is 0 Å². The number of hydrogen-bond donors (Lipinski definition) is 1. The van der Waals surface area contributed by atoms with Crippen molar-refractivity contribution in [1.82, 2.24) is 4.98 Å². The monoisotopic (exact) mass is 270 g/mol. The van der Waals surface area contributed by atoms with Gasteiger partial charge in [0.2, 0.25) is 5.91 Å². The first-order valence-corrected chi connectivity index (χ1v) is 7.11. The largest absolute Gasteiger partial charge is 0.324 e. The lowest BCUT2D eigenvalue weighted by Crippen LogP contribution is -2.08. The van der Waals surface area contributed by atoms with E-state index in [4.69, 9.17) is 4.98 Å². The van der Waals surface area contributed by atoms with Crippen molar-refractivity contribution >= 4 is 22.5 Å². The third-order valence-corrected chi connectivity index (χ3v) is 3.42. The summed E-state index contributed by atoms with van der Waals surface area (Å²) in [5.41, 5.74) is 4.03. The Labute approximate surface area is 120 Å². The maximum absolute atomic E-state index is 11.4. The fourth-order valence-electron chi connectivity index (χ4n) is 2.36. The average Bonchev–Trinajstić information content (AvgIpc) is 2.37. The van der Waals surface area contributed by atoms with E-state index in [9.17, 15) is 4.79 Å². The predicted molar refractivity (Wildman–Crippen MR) is 84.2 cm³/mol. The van der Waals surface area contributed by atoms with E-state index in [2.05, 4.69) is 45.1 Å². The van der Waals surface area contributed by atoms with Gasteiger partial charge < -0.3 is 5.32 Å². The molecule has 0 aliphatic carbocycles. The van der Waals surface area contributed by atoms with E-state index in [-0.39, 0.29) is 5.91 Å². The first-order chi connectivity index (χ1) is 9.40. The van der Waals surface area contributed by atoms with Crippen molar-refractivity contribution in [2.75, 3.05) is 5.32 Å². The van der Waals surface area contributed by atoms with Crippen LogP contribution in [0.2, 0.25) is 0 Å². The highest BCUT2D eigenvalue weighted by Crippen LogP contribution is 2.31. The number of benzene rings is 1. The van der Waals surface area contributed by atoms with Crippen LogP contribution in [-0.4, -0.2) is 10.9 Å². The summed E-state index contributed by atoms with van der Waals surface area (Å²) in [6, 6.07) is 8.14. The van der Waals surface area contributed by atoms with Gasteiger partial charge >= 0.3 is 0 Å². The van der Waals surface area contributed by atoms with Gasteiger partial charge in [0.05, 0.1) is 11.2 Å². The highest BCUT2D eigenvalue weighted by atomic mass is 16.1. The molecule has 1 aromatic heterocycles. The lowest BCUT2D eigenvalue weighted by molar-refractivity contribution is -0.114. The van der Waals surface area contributed by atoms with E-state index in [1.165, 1.54) is 12.5 Å². The van der Waals surface area contributed by atoms with Gasteiger partial charge in [-0.1, -0.05) is 39.8 Å². The van der Waals surface area contributed by atoms with Crippen molar-refractivity contribution < 1.29 is 4.79 Å². The Bertz CT molecular complexity index is 645. The van der Waals surface area contributed by atoms with Gasteiger partial charge in [0, 0.05) is 18.0 Å². The molecule has 1 N–H and O–H groups in total. The summed E-state index contributed by atoms with van der Waals surface area (Å²) in [6.07, 6.45) is 0. The summed E-state index contributed by atoms with van der Waals surface area (Å²) in [7, 11) is 0. The quantitative estimate of drug-likeness (QED) is 0.895. The number of para-hydroxylation sites is 1. The lowest BCUT2D eigenvalue weighted by atomic mass is 9.95. The summed E-state index contributed by atoms with van der Waals surface area (Å²) < 4.78 is 0. The molecule has 0 saturated heterocycles. The molecule has 3 heteroatoms. The predicted octanol–water partition coefficient (Wildman–Crippen LogP) is 4.44. The minimum absolute atomic E-state index is 0.0691. The second-order valence-electron chi connectivity index (χ2n) is 5.83. The molecule has 1 aromatic carbocycles. The lowest BCUT2D eigenvalue weighted by Gasteiger charge is -2.16. The minimum Gasteiger partial charge on any atom is -0.324 e. The van der Waals surface area contributed by atoms with Crippen LogP contribution in [0.1, 0.15) is 57.7 Å². The summed E-state index contributed by atoms with van der Waals surface area (Å²) in [5.74, 6) is 0.716. The van der Waals surface area contributed by atoms with E-state index in [0.29, 0.717) is 11.8 Å². The molecule has 106 valence electrons. The molecule has 0 bridgehead atoms. The average molecular weight is 270 g/mol. The van der Waals surface area contributed by atoms with Gasteiger partial charge in [0.25, 0.3) is 0 Å². The van der Waals surface area contributed by atoms with Crippen LogP contribution < -0.4 is 5.32 Å². The number of amides is 1. The van der Waals surface area contributed by atoms with E-state index >= 15 is 0 Å². The molecule has 0 atom stereocenters. The molecule has 1 heterocycles. The van der Waals surface area contributed by atoms with E-state index < -0.39 is 0 Å². The molecule has 1 amide bonds. The highest BCUT2D eigenvalue weighted by molar-refractivity contribution is 6.00. The Morgan fingerprint density at radius 1 is 1.15 bits per heavy atom. The van der Waals surface area contributed by atoms with Crippen molar-refractivity contribution in [2.45, 2.75) is 46.5 Å². The van der Waals surface area contributed by atoms with Crippen LogP contribution in [0, 0.1) is 0 Å². The van der Waals surface area contributed by atoms with Crippen molar-refractivity contribution in [1.29, 1.82) is 0 Å². The highest BCUT2D eigenvalue weighted by Gasteiger charge is 2.13. The van der Waals surface area contributed by atoms with Crippen molar-refractivity contribution in [3.8, 4) is 0 Å². The summed E-state index contributed by atoms with van der Waals surface area (Å²) in [6.45, 7) is 10.2. The first-order valence-electron chi connectivity index (χ1n) is 7.11. The number of anilines is 1. The zero-order chi connectivity index (χ0) is 14.9. The van der Waals surface area contributed by atoms with Crippen LogP contribution in [-0.2, 0) is 4.79 Å². The number of aromatic nitrogens is 1. The number of carbonyl (C=O) groups excluding carboxylic acids is 1. The van der Waals surface area contributed by atoms with E-state index in [0.717, 1.165) is 22.3 Å². The molecule has 0 radical (unpaired) electrons. The summed E-state index contributed by atoms with van der Waals surface area (Å²) in [5, 5.41) is 4.00. The maximum Gasteiger partial charge on any atom is 0.221 e. The topological polar surface area (TPSA) is 42.0 Å². The van der Waals surface area contributed by atoms with Gasteiger partial charge in [-0.05, 0) is 29.5 Å². The first kappa shape index (κ1) is 14.5. The van der Waals surface area contributed by atoms with Crippen LogP contribution in [0.25, 0.3) is 10.9 Å². The fourth-order valence-corrected chi connectivity index (χ4v) is 2.36. The van der Waals surface area contributed by atoms with E-state index in [1.54, 1.807) is 0 Å². The third kappa shape index (κ3) is 2.82. The number of carbonyl (C=O) groups is 1. The molecule has 0 spiro atoms. The molecular formula is C17H22N2O. The molecule has 0 aliphatic heterocycles. The Balaban J connectivity index is 2.75. The normalized spacial score (nSPS) is 11.3. The van der Waals surface area contributed by atoms with Crippen LogP contribution in [0.15, 0.2) is 24.3 Å². The van der Waals surface area contributed by atoms with Crippen LogP contribution >= 0.6 is 0 Å². The Kier molecular flexibility index (Phi) is 4.07. The second-order valence-corrected chi connectivity index (χ2v) is 5.83. The fraction of sp³-hybridized carbons (Fsp3) is 0.412. The van der Waals surface area contributed by atoms with Gasteiger partial charge in [-0.25, -0.2) is 0 Å². The molecule has 0 unspecified atom stereocenters. The van der Waals surface area contributed by atoms with Gasteiger partial charge in [-0.15, -0.1) is 0 Å². The molecule has 20 heavy (non-hydrogen) atoms. The van der Waals surface area contributed by atoms with E-state index in [1.807, 2.05) is 12.1 Å². The Hall–Kier alpha value is -1.90. The third-order valence-electron chi connectivity index (χ3n) is 3.42. The Morgan fingerprint density at radius 2 is 1.85 bits per heavy atom. The number of rotatable bonds is 3. The summed E-state index contributed by atoms with van der Waals surface area (Å²) >= 11 is 0. The number of fused-ring (bicyclic) bond motifs is 1. The zero-order valence-corrected chi connectivity index (χ0v) is 12.8. The maximum atomic E-state index is 11.4. The molecule has 2 rings (SSSR count). The molecule has 3 nitrogen and oxygen atoms in total. The molecular weight excluding hydrogens is 248 g/mol. The van der Waals surface area contributed by atoms with Gasteiger partial charge in [-0.3, -0.25) is 9.78 Å². The SMILES string of the molecule is CC(=O)Nc1cccc2c(C(C)C)cc(C(C)C)nc12. The Morgan fingerprint density at radius 3 is 2.40 bits per heavy atom. The molecule has 0 fully saturated rings. The number of pyridine rings is 1. The van der Waals surface area contributed by atoms with Crippen LogP contribution in [0.4, 0.5) is 5.69 Å². The molecule has 0 aliphatic rings. The molecule has 0 saturated carbocycles. The number of nitrogens with zero attached hydrogens (tertiary/aromatic N) is 1. The van der Waals surface area contributed by atoms with Crippen molar-refractivity contribution in [3.05, 3.63) is 35.5 Å². The van der Waals surface area contributed by atoms with Gasteiger partial charge in [0.15, 0.2) is 0 Å². The number of nitrogens with one attached hydrogen (secondary N) is 1. The van der Waals surface area contributed by atoms with Crippen LogP contribution in [0.5, 0.6) is 0 Å².